The first-order valence-corrected chi connectivity index (χ1v) is 7.67. The molecule has 0 aliphatic rings. The molecule has 0 atom stereocenters. The van der Waals surface area contributed by atoms with Crippen LogP contribution in [0.1, 0.15) is 29.9 Å². The molecule has 0 fully saturated rings. The van der Waals surface area contributed by atoms with Gasteiger partial charge in [-0.25, -0.2) is 0 Å². The van der Waals surface area contributed by atoms with Gasteiger partial charge in [0.15, 0.2) is 0 Å². The second-order valence-electron chi connectivity index (χ2n) is 5.97. The van der Waals surface area contributed by atoms with Gasteiger partial charge in [-0.1, -0.05) is 32.0 Å². The van der Waals surface area contributed by atoms with Crippen molar-refractivity contribution < 1.29 is 9.53 Å². The Morgan fingerprint density at radius 1 is 1.32 bits per heavy atom. The molecule has 1 aromatic heterocycles. The molecule has 0 bridgehead atoms. The number of amides is 1. The molecule has 0 N–H and O–H groups in total. The number of ether oxygens (including phenoxy) is 1. The normalized spacial score (nSPS) is 11.1. The van der Waals surface area contributed by atoms with Crippen LogP contribution in [0.4, 0.5) is 0 Å². The van der Waals surface area contributed by atoms with Crippen molar-refractivity contribution in [2.75, 3.05) is 26.8 Å². The number of methoxy groups -OCH3 is 1. The van der Waals surface area contributed by atoms with Gasteiger partial charge in [0.2, 0.25) is 0 Å². The number of carbonyl (C=O) groups excluding carboxylic acids is 1. The van der Waals surface area contributed by atoms with Gasteiger partial charge >= 0.3 is 0 Å². The Hall–Kier alpha value is -1.94. The van der Waals surface area contributed by atoms with Crippen LogP contribution in [0, 0.1) is 12.8 Å². The minimum atomic E-state index is 0.0486. The van der Waals surface area contributed by atoms with Crippen molar-refractivity contribution in [3.8, 4) is 0 Å². The molecule has 0 radical (unpaired) electrons. The highest BCUT2D eigenvalue weighted by Crippen LogP contribution is 2.20. The topological polar surface area (TPSA) is 42.4 Å². The maximum Gasteiger partial charge on any atom is 0.254 e. The number of fused-ring (bicyclic) bond motifs is 1. The van der Waals surface area contributed by atoms with Crippen LogP contribution in [-0.2, 0) is 4.74 Å². The van der Waals surface area contributed by atoms with Crippen molar-refractivity contribution in [1.29, 1.82) is 0 Å². The lowest BCUT2D eigenvalue weighted by molar-refractivity contribution is 0.0674. The Balaban J connectivity index is 2.41. The molecular formula is C18H24N2O2. The molecule has 4 heteroatoms. The number of rotatable bonds is 6. The molecule has 1 amide bonds. The lowest BCUT2D eigenvalue weighted by Crippen LogP contribution is -2.37. The van der Waals surface area contributed by atoms with Crippen LogP contribution < -0.4 is 0 Å². The number of pyridine rings is 1. The molecular weight excluding hydrogens is 276 g/mol. The van der Waals surface area contributed by atoms with E-state index in [1.54, 1.807) is 7.11 Å². The van der Waals surface area contributed by atoms with E-state index in [0.29, 0.717) is 19.1 Å². The number of aryl methyl sites for hydroxylation is 1. The smallest absolute Gasteiger partial charge is 0.254 e. The molecule has 4 nitrogen and oxygen atoms in total. The van der Waals surface area contributed by atoms with Gasteiger partial charge in [-0.3, -0.25) is 9.78 Å². The molecule has 0 aliphatic carbocycles. The molecule has 0 unspecified atom stereocenters. The number of nitrogens with zero attached hydrogens (tertiary/aromatic N) is 2. The quantitative estimate of drug-likeness (QED) is 0.822. The summed E-state index contributed by atoms with van der Waals surface area (Å²) < 4.78 is 5.14. The molecule has 0 saturated carbocycles. The number of aromatic nitrogens is 1. The Kier molecular flexibility index (Phi) is 5.50. The maximum atomic E-state index is 13.0. The minimum absolute atomic E-state index is 0.0486. The number of hydrogen-bond acceptors (Lipinski definition) is 3. The molecule has 2 rings (SSSR count). The molecule has 0 saturated heterocycles. The van der Waals surface area contributed by atoms with Gasteiger partial charge < -0.3 is 9.64 Å². The average molecular weight is 300 g/mol. The standard InChI is InChI=1S/C18H24N2O2/c1-13(2)12-20(9-10-22-4)18(21)16-11-14(3)19-17-8-6-5-7-15(16)17/h5-8,11,13H,9-10,12H2,1-4H3. The van der Waals surface area contributed by atoms with Gasteiger partial charge in [0.25, 0.3) is 5.91 Å². The highest BCUT2D eigenvalue weighted by Gasteiger charge is 2.19. The van der Waals surface area contributed by atoms with Crippen molar-refractivity contribution >= 4 is 16.8 Å². The zero-order valence-electron chi connectivity index (χ0n) is 13.8. The minimum Gasteiger partial charge on any atom is -0.383 e. The Bertz CT molecular complexity index is 653. The molecule has 2 aromatic rings. The van der Waals surface area contributed by atoms with E-state index in [2.05, 4.69) is 18.8 Å². The summed E-state index contributed by atoms with van der Waals surface area (Å²) in [5.41, 5.74) is 2.44. The van der Waals surface area contributed by atoms with E-state index in [0.717, 1.165) is 28.7 Å². The van der Waals surface area contributed by atoms with E-state index in [1.807, 2.05) is 42.2 Å². The van der Waals surface area contributed by atoms with Crippen LogP contribution >= 0.6 is 0 Å². The molecule has 1 heterocycles. The Morgan fingerprint density at radius 3 is 2.73 bits per heavy atom. The van der Waals surface area contributed by atoms with Crippen LogP contribution in [0.3, 0.4) is 0 Å². The van der Waals surface area contributed by atoms with Crippen LogP contribution in [-0.4, -0.2) is 42.6 Å². The summed E-state index contributed by atoms with van der Waals surface area (Å²) in [4.78, 5) is 19.4. The number of benzene rings is 1. The van der Waals surface area contributed by atoms with Crippen molar-refractivity contribution in [1.82, 2.24) is 9.88 Å². The van der Waals surface area contributed by atoms with Gasteiger partial charge in [0, 0.05) is 31.3 Å². The largest absolute Gasteiger partial charge is 0.383 e. The highest BCUT2D eigenvalue weighted by atomic mass is 16.5. The molecule has 118 valence electrons. The Labute approximate surface area is 132 Å². The summed E-state index contributed by atoms with van der Waals surface area (Å²) >= 11 is 0. The van der Waals surface area contributed by atoms with Gasteiger partial charge in [-0.15, -0.1) is 0 Å². The summed E-state index contributed by atoms with van der Waals surface area (Å²) in [6.07, 6.45) is 0. The maximum absolute atomic E-state index is 13.0. The number of para-hydroxylation sites is 1. The fourth-order valence-electron chi connectivity index (χ4n) is 2.57. The van der Waals surface area contributed by atoms with Crippen LogP contribution in [0.5, 0.6) is 0 Å². The van der Waals surface area contributed by atoms with E-state index in [4.69, 9.17) is 4.74 Å². The van der Waals surface area contributed by atoms with E-state index in [-0.39, 0.29) is 5.91 Å². The zero-order chi connectivity index (χ0) is 16.1. The van der Waals surface area contributed by atoms with Crippen molar-refractivity contribution in [3.63, 3.8) is 0 Å². The van der Waals surface area contributed by atoms with Gasteiger partial charge in [0.05, 0.1) is 17.7 Å². The Morgan fingerprint density at radius 2 is 2.05 bits per heavy atom. The summed E-state index contributed by atoms with van der Waals surface area (Å²) in [5.74, 6) is 0.461. The van der Waals surface area contributed by atoms with Crippen molar-refractivity contribution in [3.05, 3.63) is 41.6 Å². The fourth-order valence-corrected chi connectivity index (χ4v) is 2.57. The summed E-state index contributed by atoms with van der Waals surface area (Å²) in [6.45, 7) is 8.01. The van der Waals surface area contributed by atoms with Gasteiger partial charge in [-0.2, -0.15) is 0 Å². The van der Waals surface area contributed by atoms with E-state index in [9.17, 15) is 4.79 Å². The van der Waals surface area contributed by atoms with Crippen molar-refractivity contribution in [2.45, 2.75) is 20.8 Å². The zero-order valence-corrected chi connectivity index (χ0v) is 13.8. The molecule has 1 aromatic carbocycles. The average Bonchev–Trinajstić information content (AvgIpc) is 2.49. The molecule has 0 aliphatic heterocycles. The van der Waals surface area contributed by atoms with E-state index >= 15 is 0 Å². The van der Waals surface area contributed by atoms with Crippen LogP contribution in [0.2, 0.25) is 0 Å². The number of carbonyl (C=O) groups is 1. The van der Waals surface area contributed by atoms with Crippen LogP contribution in [0.15, 0.2) is 30.3 Å². The summed E-state index contributed by atoms with van der Waals surface area (Å²) in [6, 6.07) is 9.67. The first kappa shape index (κ1) is 16.4. The molecule has 22 heavy (non-hydrogen) atoms. The third-order valence-electron chi connectivity index (χ3n) is 3.51. The van der Waals surface area contributed by atoms with E-state index in [1.165, 1.54) is 0 Å². The first-order chi connectivity index (χ1) is 10.5. The monoisotopic (exact) mass is 300 g/mol. The predicted molar refractivity (Wildman–Crippen MR) is 89.1 cm³/mol. The van der Waals surface area contributed by atoms with Crippen LogP contribution in [0.25, 0.3) is 10.9 Å². The fraction of sp³-hybridized carbons (Fsp3) is 0.444. The summed E-state index contributed by atoms with van der Waals surface area (Å²) in [7, 11) is 1.66. The lowest BCUT2D eigenvalue weighted by Gasteiger charge is -2.25. The summed E-state index contributed by atoms with van der Waals surface area (Å²) in [5, 5.41) is 0.907. The highest BCUT2D eigenvalue weighted by molar-refractivity contribution is 6.06. The number of hydrogen-bond donors (Lipinski definition) is 0. The second-order valence-corrected chi connectivity index (χ2v) is 5.97. The third kappa shape index (κ3) is 3.83. The van der Waals surface area contributed by atoms with Gasteiger partial charge in [0.1, 0.15) is 0 Å². The van der Waals surface area contributed by atoms with E-state index < -0.39 is 0 Å². The lowest BCUT2D eigenvalue weighted by atomic mass is 10.1. The van der Waals surface area contributed by atoms with Crippen molar-refractivity contribution in [2.24, 2.45) is 5.92 Å². The predicted octanol–water partition coefficient (Wildman–Crippen LogP) is 3.29. The molecule has 0 spiro atoms. The first-order valence-electron chi connectivity index (χ1n) is 7.67. The SMILES string of the molecule is COCCN(CC(C)C)C(=O)c1cc(C)nc2ccccc12. The third-order valence-corrected chi connectivity index (χ3v) is 3.51. The van der Waals surface area contributed by atoms with Gasteiger partial charge in [-0.05, 0) is 25.0 Å². The second kappa shape index (κ2) is 7.36.